The van der Waals surface area contributed by atoms with Crippen molar-refractivity contribution in [2.45, 2.75) is 25.3 Å². The second-order valence-electron chi connectivity index (χ2n) is 7.50. The number of anilines is 2. The quantitative estimate of drug-likeness (QED) is 0.654. The molecule has 5 rings (SSSR count). The summed E-state index contributed by atoms with van der Waals surface area (Å²) >= 11 is 0. The van der Waals surface area contributed by atoms with E-state index >= 15 is 0 Å². The minimum absolute atomic E-state index is 0.153. The van der Waals surface area contributed by atoms with Gasteiger partial charge in [-0.1, -0.05) is 0 Å². The third-order valence-corrected chi connectivity index (χ3v) is 5.40. The summed E-state index contributed by atoms with van der Waals surface area (Å²) in [6.45, 7) is 1.63. The monoisotopic (exact) mass is 413 g/mol. The lowest BCUT2D eigenvalue weighted by atomic mass is 9.99. The Bertz CT molecular complexity index is 1090. The van der Waals surface area contributed by atoms with E-state index in [0.717, 1.165) is 11.3 Å². The van der Waals surface area contributed by atoms with E-state index in [1.54, 1.807) is 24.7 Å². The van der Waals surface area contributed by atoms with Crippen LogP contribution in [0.25, 0.3) is 11.6 Å². The maximum atomic E-state index is 14.2. The van der Waals surface area contributed by atoms with E-state index in [2.05, 4.69) is 24.9 Å². The Morgan fingerprint density at radius 2 is 1.73 bits per heavy atom. The third-order valence-electron chi connectivity index (χ3n) is 5.40. The van der Waals surface area contributed by atoms with E-state index in [-0.39, 0.29) is 11.9 Å². The number of rotatable bonds is 3. The van der Waals surface area contributed by atoms with E-state index in [9.17, 15) is 13.2 Å². The average molecular weight is 413 g/mol. The summed E-state index contributed by atoms with van der Waals surface area (Å²) in [5, 5.41) is 0. The maximum Gasteiger partial charge on any atom is 0.282 e. The Balaban J connectivity index is 1.43. The van der Waals surface area contributed by atoms with Crippen molar-refractivity contribution in [2.24, 2.45) is 0 Å². The molecule has 154 valence electrons. The molecule has 0 aromatic carbocycles. The number of pyridine rings is 1. The van der Waals surface area contributed by atoms with E-state index in [1.165, 1.54) is 17.0 Å². The molecule has 0 N–H and O–H groups in total. The molecule has 30 heavy (non-hydrogen) atoms. The molecule has 5 heterocycles. The Hall–Kier alpha value is -3.30. The highest BCUT2D eigenvalue weighted by atomic mass is 19.3. The fourth-order valence-corrected chi connectivity index (χ4v) is 3.85. The molecule has 0 radical (unpaired) electrons. The normalized spacial score (nSPS) is 19.9. The first-order valence-electron chi connectivity index (χ1n) is 9.60. The molecule has 2 aliphatic heterocycles. The minimum Gasteiger partial charge on any atom is -0.349 e. The fourth-order valence-electron chi connectivity index (χ4n) is 3.85. The highest BCUT2D eigenvalue weighted by Crippen LogP contribution is 2.35. The van der Waals surface area contributed by atoms with Crippen LogP contribution in [0.5, 0.6) is 0 Å². The summed E-state index contributed by atoms with van der Waals surface area (Å²) < 4.78 is 40.7. The van der Waals surface area contributed by atoms with Crippen molar-refractivity contribution < 1.29 is 13.2 Å². The largest absolute Gasteiger partial charge is 0.349 e. The van der Waals surface area contributed by atoms with Crippen LogP contribution in [-0.2, 0) is 6.42 Å². The maximum absolute atomic E-state index is 14.2. The van der Waals surface area contributed by atoms with Gasteiger partial charge in [0.05, 0.1) is 24.8 Å². The molecule has 0 spiro atoms. The number of fused-ring (bicyclic) bond motifs is 1. The van der Waals surface area contributed by atoms with Gasteiger partial charge in [-0.2, -0.15) is 0 Å². The molecular weight excluding hydrogens is 395 g/mol. The number of halogens is 3. The van der Waals surface area contributed by atoms with Gasteiger partial charge in [-0.25, -0.2) is 38.1 Å². The van der Waals surface area contributed by atoms with Crippen LogP contribution < -0.4 is 9.80 Å². The van der Waals surface area contributed by atoms with Gasteiger partial charge in [0.1, 0.15) is 17.5 Å². The average Bonchev–Trinajstić information content (AvgIpc) is 2.72. The number of hydrogen-bond acceptors (Lipinski definition) is 7. The van der Waals surface area contributed by atoms with Gasteiger partial charge >= 0.3 is 0 Å². The van der Waals surface area contributed by atoms with Crippen LogP contribution in [-0.4, -0.2) is 50.5 Å². The summed E-state index contributed by atoms with van der Waals surface area (Å²) in [6.07, 6.45) is 5.62. The van der Waals surface area contributed by atoms with Crippen molar-refractivity contribution in [3.05, 3.63) is 53.9 Å². The molecule has 1 saturated heterocycles. The van der Waals surface area contributed by atoms with Crippen molar-refractivity contribution in [3.63, 3.8) is 0 Å². The summed E-state index contributed by atoms with van der Waals surface area (Å²) in [7, 11) is 0. The minimum atomic E-state index is -2.75. The van der Waals surface area contributed by atoms with Crippen LogP contribution in [0, 0.1) is 5.82 Å². The van der Waals surface area contributed by atoms with Crippen LogP contribution in [0.4, 0.5) is 24.8 Å². The molecular formula is C20H18F3N7. The van der Waals surface area contributed by atoms with E-state index in [1.807, 2.05) is 11.8 Å². The summed E-state index contributed by atoms with van der Waals surface area (Å²) in [5.74, 6) is -1.70. The van der Waals surface area contributed by atoms with E-state index < -0.39 is 24.8 Å². The molecule has 10 heteroatoms. The topological polar surface area (TPSA) is 70.9 Å². The summed E-state index contributed by atoms with van der Waals surface area (Å²) in [6, 6.07) is 4.09. The standard InChI is InChI=1S/C20H18F3N7/c1-12-14-9-26-19(18-24-4-2-5-25-18)27-15(14)3-6-30(12)17-8-13(21)7-16(28-17)29-10-20(22,23)11-29/h2,4-5,7-9,12H,3,6,10-11H2,1H3. The van der Waals surface area contributed by atoms with Crippen molar-refractivity contribution >= 4 is 11.6 Å². The van der Waals surface area contributed by atoms with Gasteiger partial charge in [-0.15, -0.1) is 0 Å². The third kappa shape index (κ3) is 3.31. The van der Waals surface area contributed by atoms with Crippen molar-refractivity contribution in [1.82, 2.24) is 24.9 Å². The SMILES string of the molecule is CC1c2cnc(-c3ncccn3)nc2CCN1c1cc(F)cc(N2CC(F)(F)C2)n1. The first-order chi connectivity index (χ1) is 14.4. The van der Waals surface area contributed by atoms with Crippen LogP contribution in [0.3, 0.4) is 0 Å². The zero-order valence-corrected chi connectivity index (χ0v) is 16.1. The smallest absolute Gasteiger partial charge is 0.282 e. The van der Waals surface area contributed by atoms with Crippen LogP contribution in [0.2, 0.25) is 0 Å². The predicted octanol–water partition coefficient (Wildman–Crippen LogP) is 3.05. The Labute approximate surface area is 170 Å². The molecule has 0 amide bonds. The predicted molar refractivity (Wildman–Crippen MR) is 104 cm³/mol. The molecule has 2 aliphatic rings. The van der Waals surface area contributed by atoms with E-state index in [0.29, 0.717) is 30.4 Å². The molecule has 3 aromatic rings. The first-order valence-corrected chi connectivity index (χ1v) is 9.60. The van der Waals surface area contributed by atoms with Gasteiger partial charge in [0, 0.05) is 49.3 Å². The van der Waals surface area contributed by atoms with Crippen LogP contribution >= 0.6 is 0 Å². The Morgan fingerprint density at radius 1 is 1.00 bits per heavy atom. The molecule has 0 aliphatic carbocycles. The Morgan fingerprint density at radius 3 is 2.47 bits per heavy atom. The van der Waals surface area contributed by atoms with Crippen molar-refractivity contribution in [2.75, 3.05) is 29.4 Å². The second kappa shape index (κ2) is 6.89. The molecule has 0 saturated carbocycles. The van der Waals surface area contributed by atoms with Gasteiger partial charge < -0.3 is 9.80 Å². The molecule has 1 atom stereocenters. The molecule has 1 fully saturated rings. The van der Waals surface area contributed by atoms with Gasteiger partial charge in [0.2, 0.25) is 0 Å². The molecule has 0 bridgehead atoms. The summed E-state index contributed by atoms with van der Waals surface area (Å²) in [4.78, 5) is 25.1. The second-order valence-corrected chi connectivity index (χ2v) is 7.50. The molecule has 1 unspecified atom stereocenters. The van der Waals surface area contributed by atoms with Crippen molar-refractivity contribution in [1.29, 1.82) is 0 Å². The van der Waals surface area contributed by atoms with Crippen LogP contribution in [0.15, 0.2) is 36.8 Å². The number of aromatic nitrogens is 5. The number of nitrogens with zero attached hydrogens (tertiary/aromatic N) is 7. The Kier molecular flexibility index (Phi) is 4.30. The van der Waals surface area contributed by atoms with Gasteiger partial charge in [-0.05, 0) is 13.0 Å². The van der Waals surface area contributed by atoms with Gasteiger partial charge in [-0.3, -0.25) is 0 Å². The lowest BCUT2D eigenvalue weighted by molar-refractivity contribution is -0.0267. The highest BCUT2D eigenvalue weighted by molar-refractivity contribution is 5.54. The first kappa shape index (κ1) is 18.7. The molecule has 7 nitrogen and oxygen atoms in total. The van der Waals surface area contributed by atoms with Gasteiger partial charge in [0.25, 0.3) is 5.92 Å². The van der Waals surface area contributed by atoms with Crippen molar-refractivity contribution in [3.8, 4) is 11.6 Å². The van der Waals surface area contributed by atoms with Crippen LogP contribution in [0.1, 0.15) is 24.2 Å². The van der Waals surface area contributed by atoms with E-state index in [4.69, 9.17) is 0 Å². The molecule has 3 aromatic heterocycles. The fraction of sp³-hybridized carbons (Fsp3) is 0.350. The lowest BCUT2D eigenvalue weighted by Crippen LogP contribution is -2.56. The lowest BCUT2D eigenvalue weighted by Gasteiger charge is -2.40. The highest BCUT2D eigenvalue weighted by Gasteiger charge is 2.44. The number of hydrogen-bond donors (Lipinski definition) is 0. The van der Waals surface area contributed by atoms with Gasteiger partial charge in [0.15, 0.2) is 11.6 Å². The number of alkyl halides is 2. The summed E-state index contributed by atoms with van der Waals surface area (Å²) in [5.41, 5.74) is 1.79. The zero-order valence-electron chi connectivity index (χ0n) is 16.1. The zero-order chi connectivity index (χ0) is 20.9.